The fourth-order valence-corrected chi connectivity index (χ4v) is 2.12. The van der Waals surface area contributed by atoms with E-state index in [1.54, 1.807) is 20.0 Å². The van der Waals surface area contributed by atoms with Crippen molar-refractivity contribution in [3.8, 4) is 0 Å². The zero-order valence-corrected chi connectivity index (χ0v) is 11.8. The number of amides is 1. The van der Waals surface area contributed by atoms with Gasteiger partial charge in [-0.05, 0) is 26.0 Å². The molecule has 2 aromatic rings. The van der Waals surface area contributed by atoms with Gasteiger partial charge in [-0.15, -0.1) is 0 Å². The van der Waals surface area contributed by atoms with Crippen LogP contribution in [0.4, 0.5) is 5.82 Å². The number of carbonyl (C=O) groups is 1. The number of carbonyl (C=O) groups excluding carboxylic acids is 1. The molecule has 1 aromatic carbocycles. The van der Waals surface area contributed by atoms with Crippen molar-refractivity contribution in [2.24, 2.45) is 5.73 Å². The number of primary amides is 1. The van der Waals surface area contributed by atoms with Gasteiger partial charge in [0.1, 0.15) is 11.4 Å². The molecule has 1 heterocycles. The molecule has 1 amide bonds. The molecule has 94 valence electrons. The van der Waals surface area contributed by atoms with E-state index in [9.17, 15) is 4.79 Å². The number of pyridine rings is 1. The topological polar surface area (TPSA) is 68.0 Å². The molecule has 0 bridgehead atoms. The van der Waals surface area contributed by atoms with Gasteiger partial charge in [0, 0.05) is 21.4 Å². The fraction of sp³-hybridized carbons (Fsp3) is 0.231. The second kappa shape index (κ2) is 4.57. The van der Waals surface area contributed by atoms with Gasteiger partial charge in [-0.25, -0.2) is 4.98 Å². The largest absolute Gasteiger partial charge is 0.368 e. The first kappa shape index (κ1) is 12.8. The maximum absolute atomic E-state index is 11.4. The van der Waals surface area contributed by atoms with Crippen LogP contribution in [0.15, 0.2) is 34.9 Å². The van der Waals surface area contributed by atoms with Crippen LogP contribution in [-0.2, 0) is 4.79 Å². The second-order valence-electron chi connectivity index (χ2n) is 4.61. The zero-order valence-electron chi connectivity index (χ0n) is 10.2. The first-order chi connectivity index (χ1) is 8.42. The maximum Gasteiger partial charge on any atom is 0.242 e. The number of fused-ring (bicyclic) bond motifs is 1. The Kier molecular flexibility index (Phi) is 3.26. The highest BCUT2D eigenvalue weighted by Gasteiger charge is 2.25. The zero-order chi connectivity index (χ0) is 13.3. The predicted molar refractivity (Wildman–Crippen MR) is 76.3 cm³/mol. The third-order valence-electron chi connectivity index (χ3n) is 2.80. The normalized spacial score (nSPS) is 11.5. The standard InChI is InChI=1S/C13H14BrN3O/c1-13(2,12(15)18)17-11-9-4-3-5-10(14)8(9)6-7-16-11/h3-7H,1-2H3,(H2,15,18)(H,16,17). The van der Waals surface area contributed by atoms with E-state index in [1.165, 1.54) is 0 Å². The molecule has 4 nitrogen and oxygen atoms in total. The lowest BCUT2D eigenvalue weighted by atomic mass is 10.0. The summed E-state index contributed by atoms with van der Waals surface area (Å²) in [4.78, 5) is 15.6. The van der Waals surface area contributed by atoms with Crippen molar-refractivity contribution in [3.63, 3.8) is 0 Å². The van der Waals surface area contributed by atoms with Gasteiger partial charge in [-0.1, -0.05) is 28.1 Å². The quantitative estimate of drug-likeness (QED) is 0.916. The molecule has 18 heavy (non-hydrogen) atoms. The average molecular weight is 308 g/mol. The Morgan fingerprint density at radius 1 is 1.33 bits per heavy atom. The number of nitrogens with one attached hydrogen (secondary N) is 1. The molecule has 0 radical (unpaired) electrons. The first-order valence-electron chi connectivity index (χ1n) is 5.53. The van der Waals surface area contributed by atoms with E-state index < -0.39 is 11.4 Å². The number of rotatable bonds is 3. The van der Waals surface area contributed by atoms with Crippen molar-refractivity contribution in [1.82, 2.24) is 4.98 Å². The minimum absolute atomic E-state index is 0.420. The van der Waals surface area contributed by atoms with E-state index in [4.69, 9.17) is 5.73 Å². The second-order valence-corrected chi connectivity index (χ2v) is 5.46. The van der Waals surface area contributed by atoms with Crippen molar-refractivity contribution in [1.29, 1.82) is 0 Å². The van der Waals surface area contributed by atoms with Gasteiger partial charge >= 0.3 is 0 Å². The lowest BCUT2D eigenvalue weighted by Gasteiger charge is -2.23. The van der Waals surface area contributed by atoms with E-state index in [1.807, 2.05) is 24.3 Å². The van der Waals surface area contributed by atoms with E-state index in [2.05, 4.69) is 26.2 Å². The summed E-state index contributed by atoms with van der Waals surface area (Å²) < 4.78 is 0.988. The van der Waals surface area contributed by atoms with Gasteiger partial charge in [-0.3, -0.25) is 4.79 Å². The number of nitrogens with zero attached hydrogens (tertiary/aromatic N) is 1. The van der Waals surface area contributed by atoms with Crippen molar-refractivity contribution in [2.75, 3.05) is 5.32 Å². The van der Waals surface area contributed by atoms with Crippen molar-refractivity contribution in [3.05, 3.63) is 34.9 Å². The molecule has 0 aliphatic carbocycles. The third-order valence-corrected chi connectivity index (χ3v) is 3.49. The molecular weight excluding hydrogens is 294 g/mol. The van der Waals surface area contributed by atoms with E-state index in [0.717, 1.165) is 15.2 Å². The fourth-order valence-electron chi connectivity index (χ4n) is 1.63. The van der Waals surface area contributed by atoms with Gasteiger partial charge < -0.3 is 11.1 Å². The molecule has 0 saturated heterocycles. The number of nitrogens with two attached hydrogens (primary N) is 1. The molecule has 2 rings (SSSR count). The highest BCUT2D eigenvalue weighted by Crippen LogP contribution is 2.28. The number of benzene rings is 1. The monoisotopic (exact) mass is 307 g/mol. The molecule has 3 N–H and O–H groups in total. The highest BCUT2D eigenvalue weighted by atomic mass is 79.9. The van der Waals surface area contributed by atoms with Crippen LogP contribution >= 0.6 is 15.9 Å². The summed E-state index contributed by atoms with van der Waals surface area (Å²) >= 11 is 3.49. The van der Waals surface area contributed by atoms with Crippen LogP contribution in [0.25, 0.3) is 10.8 Å². The molecule has 0 aliphatic heterocycles. The number of hydrogen-bond acceptors (Lipinski definition) is 3. The van der Waals surface area contributed by atoms with Crippen molar-refractivity contribution in [2.45, 2.75) is 19.4 Å². The molecule has 0 unspecified atom stereocenters. The Labute approximate surface area is 114 Å². The number of anilines is 1. The van der Waals surface area contributed by atoms with E-state index in [-0.39, 0.29) is 0 Å². The van der Waals surface area contributed by atoms with Gasteiger partial charge in [0.2, 0.25) is 5.91 Å². The SMILES string of the molecule is CC(C)(Nc1nccc2c(Br)cccc12)C(N)=O. The Balaban J connectivity index is 2.53. The molecule has 0 spiro atoms. The lowest BCUT2D eigenvalue weighted by molar-refractivity contribution is -0.121. The summed E-state index contributed by atoms with van der Waals surface area (Å²) in [6.07, 6.45) is 1.70. The van der Waals surface area contributed by atoms with Gasteiger partial charge in [0.15, 0.2) is 0 Å². The Morgan fingerprint density at radius 2 is 2.06 bits per heavy atom. The summed E-state index contributed by atoms with van der Waals surface area (Å²) in [5.41, 5.74) is 4.51. The third kappa shape index (κ3) is 2.31. The summed E-state index contributed by atoms with van der Waals surface area (Å²) in [5, 5.41) is 5.06. The Bertz CT molecular complexity index is 610. The first-order valence-corrected chi connectivity index (χ1v) is 6.32. The van der Waals surface area contributed by atoms with Crippen LogP contribution in [0.5, 0.6) is 0 Å². The summed E-state index contributed by atoms with van der Waals surface area (Å²) in [6, 6.07) is 7.76. The highest BCUT2D eigenvalue weighted by molar-refractivity contribution is 9.10. The maximum atomic E-state index is 11.4. The molecule has 5 heteroatoms. The number of aromatic nitrogens is 1. The molecule has 1 aromatic heterocycles. The molecule has 0 aliphatic rings. The van der Waals surface area contributed by atoms with Crippen LogP contribution in [0.2, 0.25) is 0 Å². The van der Waals surface area contributed by atoms with E-state index in [0.29, 0.717) is 5.82 Å². The van der Waals surface area contributed by atoms with Crippen LogP contribution in [-0.4, -0.2) is 16.4 Å². The van der Waals surface area contributed by atoms with Gasteiger partial charge in [-0.2, -0.15) is 0 Å². The van der Waals surface area contributed by atoms with Crippen LogP contribution in [0, 0.1) is 0 Å². The Morgan fingerprint density at radius 3 is 2.72 bits per heavy atom. The minimum Gasteiger partial charge on any atom is -0.368 e. The van der Waals surface area contributed by atoms with Gasteiger partial charge in [0.25, 0.3) is 0 Å². The average Bonchev–Trinajstić information content (AvgIpc) is 2.30. The number of hydrogen-bond donors (Lipinski definition) is 2. The van der Waals surface area contributed by atoms with Gasteiger partial charge in [0.05, 0.1) is 0 Å². The lowest BCUT2D eigenvalue weighted by Crippen LogP contribution is -2.45. The predicted octanol–water partition coefficient (Wildman–Crippen LogP) is 2.67. The summed E-state index contributed by atoms with van der Waals surface area (Å²) in [7, 11) is 0. The van der Waals surface area contributed by atoms with Crippen LogP contribution in [0.1, 0.15) is 13.8 Å². The summed E-state index contributed by atoms with van der Waals surface area (Å²) in [6.45, 7) is 3.46. The number of halogens is 1. The summed E-state index contributed by atoms with van der Waals surface area (Å²) in [5.74, 6) is 0.230. The Hall–Kier alpha value is -1.62. The van der Waals surface area contributed by atoms with Crippen LogP contribution < -0.4 is 11.1 Å². The van der Waals surface area contributed by atoms with Crippen LogP contribution in [0.3, 0.4) is 0 Å². The molecule has 0 fully saturated rings. The van der Waals surface area contributed by atoms with E-state index >= 15 is 0 Å². The van der Waals surface area contributed by atoms with Crippen molar-refractivity contribution >= 4 is 38.4 Å². The molecule has 0 saturated carbocycles. The molecule has 0 atom stereocenters. The molecular formula is C13H14BrN3O. The van der Waals surface area contributed by atoms with Crippen molar-refractivity contribution < 1.29 is 4.79 Å². The smallest absolute Gasteiger partial charge is 0.242 e. The minimum atomic E-state index is -0.844.